The molecule has 9 heteroatoms. The van der Waals surface area contributed by atoms with Crippen LogP contribution < -0.4 is 20.3 Å². The van der Waals surface area contributed by atoms with Gasteiger partial charge in [-0.1, -0.05) is 17.7 Å². The van der Waals surface area contributed by atoms with Gasteiger partial charge in [0.2, 0.25) is 11.8 Å². The molecule has 8 nitrogen and oxygen atoms in total. The third kappa shape index (κ3) is 5.87. The zero-order chi connectivity index (χ0) is 24.1. The molecule has 2 aliphatic heterocycles. The summed E-state index contributed by atoms with van der Waals surface area (Å²) in [7, 11) is 0. The van der Waals surface area contributed by atoms with Crippen molar-refractivity contribution in [3.8, 4) is 5.75 Å². The van der Waals surface area contributed by atoms with E-state index in [0.717, 1.165) is 25.0 Å². The predicted molar refractivity (Wildman–Crippen MR) is 129 cm³/mol. The Kier molecular flexibility index (Phi) is 7.70. The molecule has 2 N–H and O–H groups in total. The SMILES string of the molecule is Cc1c(Cl)cccc1NC(=O)COc1ccc(N2C[C@H](C(=O)NC[C@H]3CCCO3)CC2=O)cc1. The summed E-state index contributed by atoms with van der Waals surface area (Å²) in [5, 5.41) is 6.27. The van der Waals surface area contributed by atoms with Crippen molar-refractivity contribution in [2.24, 2.45) is 5.92 Å². The number of halogens is 1. The van der Waals surface area contributed by atoms with Gasteiger partial charge in [0.05, 0.1) is 12.0 Å². The number of ether oxygens (including phenoxy) is 2. The maximum atomic E-state index is 12.5. The van der Waals surface area contributed by atoms with Crippen LogP contribution in [0.25, 0.3) is 0 Å². The van der Waals surface area contributed by atoms with Crippen molar-refractivity contribution in [1.82, 2.24) is 5.32 Å². The first-order chi connectivity index (χ1) is 16.4. The summed E-state index contributed by atoms with van der Waals surface area (Å²) in [5.74, 6) is -0.404. The summed E-state index contributed by atoms with van der Waals surface area (Å²) in [6.45, 7) is 3.22. The minimum atomic E-state index is -0.386. The lowest BCUT2D eigenvalue weighted by molar-refractivity contribution is -0.126. The summed E-state index contributed by atoms with van der Waals surface area (Å²) < 4.78 is 11.1. The van der Waals surface area contributed by atoms with Crippen LogP contribution in [0.1, 0.15) is 24.8 Å². The molecule has 0 unspecified atom stereocenters. The van der Waals surface area contributed by atoms with Crippen LogP contribution in [0.2, 0.25) is 5.02 Å². The van der Waals surface area contributed by atoms with Crippen LogP contribution in [-0.4, -0.2) is 50.1 Å². The quantitative estimate of drug-likeness (QED) is 0.598. The summed E-state index contributed by atoms with van der Waals surface area (Å²) in [5.41, 5.74) is 2.11. The zero-order valence-electron chi connectivity index (χ0n) is 19.0. The molecular weight excluding hydrogens is 458 g/mol. The van der Waals surface area contributed by atoms with E-state index in [9.17, 15) is 14.4 Å². The molecular formula is C25H28ClN3O5. The molecule has 0 aliphatic carbocycles. The number of anilines is 2. The highest BCUT2D eigenvalue weighted by Crippen LogP contribution is 2.27. The first kappa shape index (κ1) is 24.0. The van der Waals surface area contributed by atoms with E-state index in [-0.39, 0.29) is 42.8 Å². The molecule has 2 aliphatic rings. The lowest BCUT2D eigenvalue weighted by atomic mass is 10.1. The second-order valence-electron chi connectivity index (χ2n) is 8.53. The molecule has 2 aromatic rings. The van der Waals surface area contributed by atoms with Gasteiger partial charge < -0.3 is 25.0 Å². The van der Waals surface area contributed by atoms with Crippen molar-refractivity contribution in [3.05, 3.63) is 53.1 Å². The van der Waals surface area contributed by atoms with E-state index in [0.29, 0.717) is 35.2 Å². The normalized spacial score (nSPS) is 19.8. The van der Waals surface area contributed by atoms with Crippen molar-refractivity contribution in [1.29, 1.82) is 0 Å². The number of hydrogen-bond acceptors (Lipinski definition) is 5. The highest BCUT2D eigenvalue weighted by Gasteiger charge is 2.35. The van der Waals surface area contributed by atoms with E-state index in [1.54, 1.807) is 47.4 Å². The van der Waals surface area contributed by atoms with Gasteiger partial charge in [-0.2, -0.15) is 0 Å². The van der Waals surface area contributed by atoms with Gasteiger partial charge in [-0.3, -0.25) is 14.4 Å². The smallest absolute Gasteiger partial charge is 0.262 e. The van der Waals surface area contributed by atoms with Crippen molar-refractivity contribution in [2.45, 2.75) is 32.3 Å². The molecule has 2 heterocycles. The fourth-order valence-electron chi connectivity index (χ4n) is 4.10. The first-order valence-electron chi connectivity index (χ1n) is 11.4. The number of carbonyl (C=O) groups excluding carboxylic acids is 3. The topological polar surface area (TPSA) is 97.0 Å². The number of benzene rings is 2. The molecule has 2 saturated heterocycles. The summed E-state index contributed by atoms with van der Waals surface area (Å²) in [6.07, 6.45) is 2.22. The van der Waals surface area contributed by atoms with Crippen LogP contribution >= 0.6 is 11.6 Å². The average molecular weight is 486 g/mol. The van der Waals surface area contributed by atoms with Crippen molar-refractivity contribution >= 4 is 40.7 Å². The van der Waals surface area contributed by atoms with Crippen LogP contribution in [0.3, 0.4) is 0 Å². The third-order valence-electron chi connectivity index (χ3n) is 6.08. The molecule has 3 amide bonds. The Morgan fingerprint density at radius 2 is 2.00 bits per heavy atom. The fourth-order valence-corrected chi connectivity index (χ4v) is 4.27. The number of nitrogens with one attached hydrogen (secondary N) is 2. The molecule has 0 saturated carbocycles. The number of carbonyl (C=O) groups is 3. The fraction of sp³-hybridized carbons (Fsp3) is 0.400. The Morgan fingerprint density at radius 1 is 1.21 bits per heavy atom. The van der Waals surface area contributed by atoms with Gasteiger partial charge in [0.1, 0.15) is 5.75 Å². The van der Waals surface area contributed by atoms with Gasteiger partial charge in [-0.15, -0.1) is 0 Å². The predicted octanol–water partition coefficient (Wildman–Crippen LogP) is 3.31. The number of hydrogen-bond donors (Lipinski definition) is 2. The average Bonchev–Trinajstić information content (AvgIpc) is 3.49. The molecule has 0 radical (unpaired) electrons. The van der Waals surface area contributed by atoms with Crippen LogP contribution in [-0.2, 0) is 19.1 Å². The van der Waals surface area contributed by atoms with Gasteiger partial charge in [0.15, 0.2) is 6.61 Å². The Labute approximate surface area is 203 Å². The number of amides is 3. The summed E-state index contributed by atoms with van der Waals surface area (Å²) >= 11 is 6.08. The molecule has 34 heavy (non-hydrogen) atoms. The van der Waals surface area contributed by atoms with Crippen molar-refractivity contribution < 1.29 is 23.9 Å². The minimum Gasteiger partial charge on any atom is -0.484 e. The van der Waals surface area contributed by atoms with E-state index in [1.807, 2.05) is 6.92 Å². The third-order valence-corrected chi connectivity index (χ3v) is 6.49. The van der Waals surface area contributed by atoms with E-state index in [1.165, 1.54) is 0 Å². The molecule has 0 spiro atoms. The van der Waals surface area contributed by atoms with Gasteiger partial charge in [0.25, 0.3) is 5.91 Å². The lowest BCUT2D eigenvalue weighted by Gasteiger charge is -2.18. The largest absolute Gasteiger partial charge is 0.484 e. The van der Waals surface area contributed by atoms with Crippen molar-refractivity contribution in [3.63, 3.8) is 0 Å². The van der Waals surface area contributed by atoms with Crippen molar-refractivity contribution in [2.75, 3.05) is 36.5 Å². The van der Waals surface area contributed by atoms with Crippen LogP contribution in [0, 0.1) is 12.8 Å². The van der Waals surface area contributed by atoms with Gasteiger partial charge in [0, 0.05) is 42.5 Å². The Bertz CT molecular complexity index is 1050. The van der Waals surface area contributed by atoms with E-state index < -0.39 is 0 Å². The zero-order valence-corrected chi connectivity index (χ0v) is 19.8. The van der Waals surface area contributed by atoms with Gasteiger partial charge in [-0.25, -0.2) is 0 Å². The molecule has 0 aromatic heterocycles. The second-order valence-corrected chi connectivity index (χ2v) is 8.94. The standard InChI is InChI=1S/C25H28ClN3O5/c1-16-21(26)5-2-6-22(16)28-23(30)15-34-19-9-7-18(8-10-19)29-14-17(12-24(29)31)25(32)27-13-20-4-3-11-33-20/h2,5-10,17,20H,3-4,11-15H2,1H3,(H,27,32)(H,28,30)/t17-,20-/m1/s1. The number of nitrogens with zero attached hydrogens (tertiary/aromatic N) is 1. The molecule has 4 rings (SSSR count). The van der Waals surface area contributed by atoms with Crippen LogP contribution in [0.5, 0.6) is 5.75 Å². The highest BCUT2D eigenvalue weighted by atomic mass is 35.5. The van der Waals surface area contributed by atoms with E-state index >= 15 is 0 Å². The van der Waals surface area contributed by atoms with Gasteiger partial charge in [-0.05, 0) is 61.7 Å². The monoisotopic (exact) mass is 485 g/mol. The Hall–Kier alpha value is -3.10. The minimum absolute atomic E-state index is 0.0706. The molecule has 2 atom stereocenters. The molecule has 2 fully saturated rings. The van der Waals surface area contributed by atoms with E-state index in [4.69, 9.17) is 21.1 Å². The molecule has 180 valence electrons. The highest BCUT2D eigenvalue weighted by molar-refractivity contribution is 6.31. The molecule has 2 aromatic carbocycles. The van der Waals surface area contributed by atoms with Gasteiger partial charge >= 0.3 is 0 Å². The van der Waals surface area contributed by atoms with E-state index in [2.05, 4.69) is 10.6 Å². The van der Waals surface area contributed by atoms with Crippen LogP contribution in [0.4, 0.5) is 11.4 Å². The lowest BCUT2D eigenvalue weighted by Crippen LogP contribution is -2.37. The Balaban J connectivity index is 1.26. The summed E-state index contributed by atoms with van der Waals surface area (Å²) in [4.78, 5) is 38.8. The first-order valence-corrected chi connectivity index (χ1v) is 11.8. The maximum absolute atomic E-state index is 12.5. The summed E-state index contributed by atoms with van der Waals surface area (Å²) in [6, 6.07) is 12.2. The van der Waals surface area contributed by atoms with Crippen LogP contribution in [0.15, 0.2) is 42.5 Å². The number of rotatable bonds is 8. The maximum Gasteiger partial charge on any atom is 0.262 e. The molecule has 0 bridgehead atoms. The Morgan fingerprint density at radius 3 is 2.74 bits per heavy atom. The second kappa shape index (κ2) is 10.9.